The van der Waals surface area contributed by atoms with Gasteiger partial charge in [-0.3, -0.25) is 0 Å². The summed E-state index contributed by atoms with van der Waals surface area (Å²) in [6, 6.07) is 10.6. The third-order valence-electron chi connectivity index (χ3n) is 3.60. The summed E-state index contributed by atoms with van der Waals surface area (Å²) in [7, 11) is 4.16. The standard InChI is InChI=1S/C18H21N5/c1-14-19-9-8-17(21-14)18-20-10-11-23(18)13-16-6-4-15(5-7-16)12-22(2)3/h4-11H,12-13H2,1-3H3. The van der Waals surface area contributed by atoms with Crippen molar-refractivity contribution in [2.24, 2.45) is 0 Å². The molecule has 23 heavy (non-hydrogen) atoms. The maximum absolute atomic E-state index is 4.46. The number of nitrogens with zero attached hydrogens (tertiary/aromatic N) is 5. The molecule has 118 valence electrons. The molecule has 0 bridgehead atoms. The Morgan fingerprint density at radius 3 is 2.39 bits per heavy atom. The molecule has 0 atom stereocenters. The number of hydrogen-bond acceptors (Lipinski definition) is 4. The van der Waals surface area contributed by atoms with Crippen LogP contribution in [-0.2, 0) is 13.1 Å². The second kappa shape index (κ2) is 6.71. The Kier molecular flexibility index (Phi) is 4.48. The maximum Gasteiger partial charge on any atom is 0.159 e. The van der Waals surface area contributed by atoms with Gasteiger partial charge in [0.2, 0.25) is 0 Å². The highest BCUT2D eigenvalue weighted by Crippen LogP contribution is 2.16. The summed E-state index contributed by atoms with van der Waals surface area (Å²) >= 11 is 0. The van der Waals surface area contributed by atoms with Crippen molar-refractivity contribution in [3.8, 4) is 11.5 Å². The molecule has 0 aliphatic heterocycles. The van der Waals surface area contributed by atoms with E-state index in [2.05, 4.69) is 62.8 Å². The van der Waals surface area contributed by atoms with Crippen LogP contribution in [0.4, 0.5) is 0 Å². The van der Waals surface area contributed by atoms with Gasteiger partial charge in [0.1, 0.15) is 11.5 Å². The number of hydrogen-bond donors (Lipinski definition) is 0. The van der Waals surface area contributed by atoms with E-state index in [9.17, 15) is 0 Å². The third-order valence-corrected chi connectivity index (χ3v) is 3.60. The van der Waals surface area contributed by atoms with E-state index >= 15 is 0 Å². The second-order valence-corrected chi connectivity index (χ2v) is 5.92. The van der Waals surface area contributed by atoms with Crippen molar-refractivity contribution >= 4 is 0 Å². The lowest BCUT2D eigenvalue weighted by atomic mass is 10.1. The van der Waals surface area contributed by atoms with Crippen molar-refractivity contribution in [2.45, 2.75) is 20.0 Å². The van der Waals surface area contributed by atoms with E-state index in [1.807, 2.05) is 25.4 Å². The normalized spacial score (nSPS) is 11.1. The first-order valence-electron chi connectivity index (χ1n) is 7.65. The fourth-order valence-corrected chi connectivity index (χ4v) is 2.56. The van der Waals surface area contributed by atoms with Crippen molar-refractivity contribution < 1.29 is 0 Å². The summed E-state index contributed by atoms with van der Waals surface area (Å²) in [5.74, 6) is 1.62. The lowest BCUT2D eigenvalue weighted by Crippen LogP contribution is -2.10. The van der Waals surface area contributed by atoms with Gasteiger partial charge in [0.25, 0.3) is 0 Å². The highest BCUT2D eigenvalue weighted by Gasteiger charge is 2.08. The smallest absolute Gasteiger partial charge is 0.159 e. The van der Waals surface area contributed by atoms with Gasteiger partial charge in [-0.15, -0.1) is 0 Å². The van der Waals surface area contributed by atoms with E-state index in [-0.39, 0.29) is 0 Å². The zero-order valence-electron chi connectivity index (χ0n) is 13.8. The molecule has 0 radical (unpaired) electrons. The molecule has 5 nitrogen and oxygen atoms in total. The number of aryl methyl sites for hydroxylation is 1. The summed E-state index contributed by atoms with van der Waals surface area (Å²) in [4.78, 5) is 15.2. The molecule has 0 fully saturated rings. The van der Waals surface area contributed by atoms with Crippen LogP contribution in [0.1, 0.15) is 17.0 Å². The van der Waals surface area contributed by atoms with E-state index in [0.29, 0.717) is 0 Å². The average molecular weight is 307 g/mol. The zero-order chi connectivity index (χ0) is 16.2. The molecular weight excluding hydrogens is 286 g/mol. The van der Waals surface area contributed by atoms with Crippen molar-refractivity contribution in [3.63, 3.8) is 0 Å². The summed E-state index contributed by atoms with van der Waals surface area (Å²) in [6.07, 6.45) is 5.57. The maximum atomic E-state index is 4.46. The minimum absolute atomic E-state index is 0.755. The van der Waals surface area contributed by atoms with Crippen LogP contribution in [0, 0.1) is 6.92 Å². The minimum Gasteiger partial charge on any atom is -0.325 e. The Hall–Kier alpha value is -2.53. The van der Waals surface area contributed by atoms with Gasteiger partial charge >= 0.3 is 0 Å². The molecule has 3 rings (SSSR count). The molecule has 5 heteroatoms. The largest absolute Gasteiger partial charge is 0.325 e. The van der Waals surface area contributed by atoms with Crippen LogP contribution in [0.15, 0.2) is 48.9 Å². The van der Waals surface area contributed by atoms with Crippen LogP contribution in [0.25, 0.3) is 11.5 Å². The average Bonchev–Trinajstić information content (AvgIpc) is 2.97. The van der Waals surface area contributed by atoms with Crippen molar-refractivity contribution in [1.82, 2.24) is 24.4 Å². The van der Waals surface area contributed by atoms with Gasteiger partial charge in [-0.1, -0.05) is 24.3 Å². The van der Waals surface area contributed by atoms with E-state index in [1.165, 1.54) is 11.1 Å². The molecule has 0 saturated carbocycles. The van der Waals surface area contributed by atoms with E-state index in [1.54, 1.807) is 6.20 Å². The first-order chi connectivity index (χ1) is 11.1. The van der Waals surface area contributed by atoms with Crippen LogP contribution in [0.2, 0.25) is 0 Å². The van der Waals surface area contributed by atoms with Crippen molar-refractivity contribution in [3.05, 3.63) is 65.9 Å². The molecule has 2 aromatic heterocycles. The predicted molar refractivity (Wildman–Crippen MR) is 90.9 cm³/mol. The summed E-state index contributed by atoms with van der Waals surface area (Å²) < 4.78 is 2.11. The quantitative estimate of drug-likeness (QED) is 0.727. The molecule has 0 amide bonds. The second-order valence-electron chi connectivity index (χ2n) is 5.92. The molecule has 3 aromatic rings. The van der Waals surface area contributed by atoms with Gasteiger partial charge in [0.05, 0.1) is 0 Å². The Morgan fingerprint density at radius 2 is 1.70 bits per heavy atom. The Bertz CT molecular complexity index is 774. The van der Waals surface area contributed by atoms with Gasteiger partial charge in [0.15, 0.2) is 5.82 Å². The summed E-state index contributed by atoms with van der Waals surface area (Å²) in [5.41, 5.74) is 3.42. The summed E-state index contributed by atoms with van der Waals surface area (Å²) in [6.45, 7) is 3.62. The minimum atomic E-state index is 0.755. The Balaban J connectivity index is 1.80. The third kappa shape index (κ3) is 3.81. The van der Waals surface area contributed by atoms with Crippen molar-refractivity contribution in [1.29, 1.82) is 0 Å². The first kappa shape index (κ1) is 15.4. The monoisotopic (exact) mass is 307 g/mol. The summed E-state index contributed by atoms with van der Waals surface area (Å²) in [5, 5.41) is 0. The van der Waals surface area contributed by atoms with Crippen molar-refractivity contribution in [2.75, 3.05) is 14.1 Å². The number of rotatable bonds is 5. The van der Waals surface area contributed by atoms with Crippen LogP contribution in [0.5, 0.6) is 0 Å². The molecule has 0 N–H and O–H groups in total. The molecule has 0 saturated heterocycles. The molecule has 2 heterocycles. The predicted octanol–water partition coefficient (Wildman–Crippen LogP) is 2.76. The molecule has 1 aromatic carbocycles. The topological polar surface area (TPSA) is 46.8 Å². The number of aromatic nitrogens is 4. The van der Waals surface area contributed by atoms with Gasteiger partial charge in [-0.2, -0.15) is 0 Å². The Morgan fingerprint density at radius 1 is 0.957 bits per heavy atom. The molecule has 0 aliphatic rings. The fraction of sp³-hybridized carbons (Fsp3) is 0.278. The van der Waals surface area contributed by atoms with Gasteiger partial charge < -0.3 is 9.47 Å². The highest BCUT2D eigenvalue weighted by molar-refractivity contribution is 5.49. The van der Waals surface area contributed by atoms with E-state index in [4.69, 9.17) is 0 Å². The lowest BCUT2D eigenvalue weighted by molar-refractivity contribution is 0.402. The molecule has 0 unspecified atom stereocenters. The lowest BCUT2D eigenvalue weighted by Gasteiger charge is -2.11. The first-order valence-corrected chi connectivity index (χ1v) is 7.65. The van der Waals surface area contributed by atoms with Crippen LogP contribution >= 0.6 is 0 Å². The Labute approximate surface area is 136 Å². The van der Waals surface area contributed by atoms with Gasteiger partial charge in [0, 0.05) is 31.7 Å². The van der Waals surface area contributed by atoms with E-state index < -0.39 is 0 Å². The SMILES string of the molecule is Cc1nccc(-c2nccn2Cc2ccc(CN(C)C)cc2)n1. The molecular formula is C18H21N5. The van der Waals surface area contributed by atoms with Crippen LogP contribution in [0.3, 0.4) is 0 Å². The molecule has 0 aliphatic carbocycles. The zero-order valence-corrected chi connectivity index (χ0v) is 13.8. The fourth-order valence-electron chi connectivity index (χ4n) is 2.56. The van der Waals surface area contributed by atoms with Crippen LogP contribution in [-0.4, -0.2) is 38.5 Å². The van der Waals surface area contributed by atoms with Crippen LogP contribution < -0.4 is 0 Å². The highest BCUT2D eigenvalue weighted by atomic mass is 15.1. The van der Waals surface area contributed by atoms with E-state index in [0.717, 1.165) is 30.4 Å². The number of benzene rings is 1. The van der Waals surface area contributed by atoms with Gasteiger partial charge in [-0.05, 0) is 38.2 Å². The molecule has 0 spiro atoms. The van der Waals surface area contributed by atoms with Gasteiger partial charge in [-0.25, -0.2) is 15.0 Å². The number of imidazole rings is 1.